The lowest BCUT2D eigenvalue weighted by molar-refractivity contribution is 0.682. The van der Waals surface area contributed by atoms with Gasteiger partial charge < -0.3 is 0 Å². The highest BCUT2D eigenvalue weighted by Crippen LogP contribution is 2.26. The van der Waals surface area contributed by atoms with Gasteiger partial charge in [0.2, 0.25) is 0 Å². The van der Waals surface area contributed by atoms with Gasteiger partial charge in [-0.05, 0) is 24.3 Å². The van der Waals surface area contributed by atoms with Crippen molar-refractivity contribution in [3.63, 3.8) is 0 Å². The molecule has 0 unspecified atom stereocenters. The van der Waals surface area contributed by atoms with Crippen molar-refractivity contribution in [1.82, 2.24) is 4.98 Å². The van der Waals surface area contributed by atoms with E-state index in [1.165, 1.54) is 11.3 Å². The fourth-order valence-electron chi connectivity index (χ4n) is 1.58. The summed E-state index contributed by atoms with van der Waals surface area (Å²) in [6.45, 7) is 0. The van der Waals surface area contributed by atoms with E-state index in [0.717, 1.165) is 15.1 Å². The van der Waals surface area contributed by atoms with Crippen molar-refractivity contribution in [2.45, 2.75) is 9.24 Å². The minimum atomic E-state index is -1.17. The van der Waals surface area contributed by atoms with Gasteiger partial charge in [0.05, 0.1) is 10.2 Å². The van der Waals surface area contributed by atoms with Crippen LogP contribution in [-0.4, -0.2) is 9.19 Å². The maximum absolute atomic E-state index is 12.3. The average Bonchev–Trinajstić information content (AvgIpc) is 2.82. The Morgan fingerprint density at radius 2 is 1.65 bits per heavy atom. The van der Waals surface area contributed by atoms with Gasteiger partial charge in [-0.3, -0.25) is 0 Å². The summed E-state index contributed by atoms with van der Waals surface area (Å²) in [7, 11) is -1.17. The Labute approximate surface area is 105 Å². The second-order valence-electron chi connectivity index (χ2n) is 3.53. The quantitative estimate of drug-likeness (QED) is 0.705. The number of benzene rings is 2. The van der Waals surface area contributed by atoms with Gasteiger partial charge in [-0.2, -0.15) is 0 Å². The first-order valence-electron chi connectivity index (χ1n) is 5.17. The maximum atomic E-state index is 12.3. The molecule has 0 radical (unpaired) electrons. The van der Waals surface area contributed by atoms with Crippen LogP contribution in [0.25, 0.3) is 10.2 Å². The van der Waals surface area contributed by atoms with Crippen LogP contribution in [0.2, 0.25) is 0 Å². The smallest absolute Gasteiger partial charge is 0.186 e. The van der Waals surface area contributed by atoms with Crippen molar-refractivity contribution in [3.05, 3.63) is 54.6 Å². The molecule has 1 heterocycles. The Bertz CT molecular complexity index is 643. The predicted molar refractivity (Wildman–Crippen MR) is 70.7 cm³/mol. The highest BCUT2D eigenvalue weighted by Gasteiger charge is 2.11. The molecule has 0 saturated carbocycles. The Morgan fingerprint density at radius 3 is 2.41 bits per heavy atom. The summed E-state index contributed by atoms with van der Waals surface area (Å²) in [5.74, 6) is 0. The minimum Gasteiger partial charge on any atom is -0.247 e. The van der Waals surface area contributed by atoms with Gasteiger partial charge in [0.25, 0.3) is 0 Å². The summed E-state index contributed by atoms with van der Waals surface area (Å²) < 4.78 is 14.0. The van der Waals surface area contributed by atoms with Crippen LogP contribution in [0.4, 0.5) is 0 Å². The normalized spacial score (nSPS) is 12.7. The molecule has 1 atom stereocenters. The van der Waals surface area contributed by atoms with Crippen LogP contribution in [0, 0.1) is 0 Å². The lowest BCUT2D eigenvalue weighted by atomic mass is 10.3. The zero-order chi connectivity index (χ0) is 11.7. The summed E-state index contributed by atoms with van der Waals surface area (Å²) in [6, 6.07) is 17.3. The third-order valence-electron chi connectivity index (χ3n) is 2.39. The third kappa shape index (κ3) is 2.01. The molecule has 1 aromatic heterocycles. The number of hydrogen-bond donors (Lipinski definition) is 0. The van der Waals surface area contributed by atoms with Crippen LogP contribution in [-0.2, 0) is 10.8 Å². The number of aromatic nitrogens is 1. The van der Waals surface area contributed by atoms with Gasteiger partial charge in [0.15, 0.2) is 4.34 Å². The Balaban J connectivity index is 2.07. The zero-order valence-corrected chi connectivity index (χ0v) is 10.5. The second-order valence-corrected chi connectivity index (χ2v) is 6.21. The number of thiazole rings is 1. The number of para-hydroxylation sites is 1. The molecular weight excluding hydrogens is 250 g/mol. The molecule has 84 valence electrons. The van der Waals surface area contributed by atoms with E-state index in [4.69, 9.17) is 0 Å². The van der Waals surface area contributed by atoms with Gasteiger partial charge in [0.1, 0.15) is 10.8 Å². The first-order valence-corrected chi connectivity index (χ1v) is 7.13. The molecule has 0 spiro atoms. The van der Waals surface area contributed by atoms with Crippen molar-refractivity contribution >= 4 is 32.4 Å². The maximum Gasteiger partial charge on any atom is 0.186 e. The Kier molecular flexibility index (Phi) is 2.74. The first kappa shape index (κ1) is 10.6. The van der Waals surface area contributed by atoms with E-state index in [0.29, 0.717) is 4.34 Å². The zero-order valence-electron chi connectivity index (χ0n) is 8.87. The molecule has 0 aliphatic rings. The van der Waals surface area contributed by atoms with E-state index < -0.39 is 10.8 Å². The summed E-state index contributed by atoms with van der Waals surface area (Å²) >= 11 is 1.49. The lowest BCUT2D eigenvalue weighted by Gasteiger charge is -1.95. The van der Waals surface area contributed by atoms with Gasteiger partial charge in [-0.25, -0.2) is 9.19 Å². The molecule has 2 aromatic carbocycles. The number of fused-ring (bicyclic) bond motifs is 1. The standard InChI is InChI=1S/C13H9NOS2/c15-17(10-6-2-1-3-7-10)13-14-11-8-4-5-9-12(11)16-13/h1-9H/t17-/m0/s1. The molecule has 3 rings (SSSR count). The average molecular weight is 259 g/mol. The molecule has 0 amide bonds. The molecule has 0 fully saturated rings. The van der Waals surface area contributed by atoms with E-state index in [1.54, 1.807) is 0 Å². The van der Waals surface area contributed by atoms with Crippen molar-refractivity contribution < 1.29 is 4.21 Å². The second kappa shape index (κ2) is 4.39. The van der Waals surface area contributed by atoms with E-state index in [1.807, 2.05) is 54.6 Å². The first-order chi connectivity index (χ1) is 8.34. The topological polar surface area (TPSA) is 30.0 Å². The fourth-order valence-corrected chi connectivity index (χ4v) is 3.92. The van der Waals surface area contributed by atoms with Crippen LogP contribution in [0.3, 0.4) is 0 Å². The minimum absolute atomic E-state index is 0.664. The van der Waals surface area contributed by atoms with Crippen LogP contribution in [0.1, 0.15) is 0 Å². The molecule has 17 heavy (non-hydrogen) atoms. The fraction of sp³-hybridized carbons (Fsp3) is 0. The highest BCUT2D eigenvalue weighted by atomic mass is 32.2. The van der Waals surface area contributed by atoms with Crippen LogP contribution < -0.4 is 0 Å². The van der Waals surface area contributed by atoms with Crippen molar-refractivity contribution in [1.29, 1.82) is 0 Å². The third-order valence-corrected chi connectivity index (χ3v) is 5.03. The largest absolute Gasteiger partial charge is 0.247 e. The van der Waals surface area contributed by atoms with Crippen LogP contribution in [0.5, 0.6) is 0 Å². The van der Waals surface area contributed by atoms with Crippen molar-refractivity contribution in [2.24, 2.45) is 0 Å². The SMILES string of the molecule is O=[S@@](c1ccccc1)c1nc2ccccc2s1. The van der Waals surface area contributed by atoms with Gasteiger partial charge in [0, 0.05) is 4.90 Å². The van der Waals surface area contributed by atoms with Gasteiger partial charge >= 0.3 is 0 Å². The van der Waals surface area contributed by atoms with Crippen molar-refractivity contribution in [3.8, 4) is 0 Å². The summed E-state index contributed by atoms with van der Waals surface area (Å²) in [6.07, 6.45) is 0. The van der Waals surface area contributed by atoms with E-state index in [-0.39, 0.29) is 0 Å². The Morgan fingerprint density at radius 1 is 0.941 bits per heavy atom. The number of hydrogen-bond acceptors (Lipinski definition) is 3. The lowest BCUT2D eigenvalue weighted by Crippen LogP contribution is -1.90. The Hall–Kier alpha value is -1.52. The van der Waals surface area contributed by atoms with E-state index in [2.05, 4.69) is 4.98 Å². The molecule has 0 N–H and O–H groups in total. The monoisotopic (exact) mass is 259 g/mol. The van der Waals surface area contributed by atoms with Gasteiger partial charge in [-0.1, -0.05) is 30.3 Å². The van der Waals surface area contributed by atoms with E-state index >= 15 is 0 Å². The molecule has 3 aromatic rings. The molecule has 0 aliphatic heterocycles. The number of rotatable bonds is 2. The number of nitrogens with zero attached hydrogens (tertiary/aromatic N) is 1. The molecule has 0 saturated heterocycles. The molecule has 2 nitrogen and oxygen atoms in total. The van der Waals surface area contributed by atoms with Crippen LogP contribution in [0.15, 0.2) is 63.8 Å². The molecule has 0 aliphatic carbocycles. The predicted octanol–water partition coefficient (Wildman–Crippen LogP) is 3.46. The van der Waals surface area contributed by atoms with Crippen LogP contribution >= 0.6 is 11.3 Å². The highest BCUT2D eigenvalue weighted by molar-refractivity contribution is 7.87. The summed E-state index contributed by atoms with van der Waals surface area (Å²) in [5, 5.41) is 0. The molecule has 4 heteroatoms. The van der Waals surface area contributed by atoms with E-state index in [9.17, 15) is 4.21 Å². The van der Waals surface area contributed by atoms with Crippen molar-refractivity contribution in [2.75, 3.05) is 0 Å². The summed E-state index contributed by atoms with van der Waals surface area (Å²) in [4.78, 5) is 5.21. The van der Waals surface area contributed by atoms with Gasteiger partial charge in [-0.15, -0.1) is 11.3 Å². The summed E-state index contributed by atoms with van der Waals surface area (Å²) in [5.41, 5.74) is 0.914. The molecular formula is C13H9NOS2. The molecule has 0 bridgehead atoms.